The monoisotopic (exact) mass is 340 g/mol. The van der Waals surface area contributed by atoms with Gasteiger partial charge in [0.2, 0.25) is 0 Å². The van der Waals surface area contributed by atoms with E-state index in [0.29, 0.717) is 30.0 Å². The van der Waals surface area contributed by atoms with Crippen molar-refractivity contribution in [1.82, 2.24) is 25.4 Å². The van der Waals surface area contributed by atoms with Gasteiger partial charge in [0.15, 0.2) is 17.3 Å². The molecule has 0 aromatic carbocycles. The van der Waals surface area contributed by atoms with E-state index in [4.69, 9.17) is 0 Å². The second-order valence-corrected chi connectivity index (χ2v) is 6.27. The van der Waals surface area contributed by atoms with E-state index in [1.807, 2.05) is 4.90 Å². The Kier molecular flexibility index (Phi) is 3.36. The smallest absolute Gasteiger partial charge is 0.345 e. The fraction of sp³-hybridized carbons (Fsp3) is 0.571. The molecule has 0 bridgehead atoms. The lowest BCUT2D eigenvalue weighted by atomic mass is 9.94. The summed E-state index contributed by atoms with van der Waals surface area (Å²) in [6.45, 7) is 0.640. The van der Waals surface area contributed by atoms with Crippen LogP contribution in [0.2, 0.25) is 0 Å². The van der Waals surface area contributed by atoms with Gasteiger partial charge < -0.3 is 4.90 Å². The molecule has 1 aliphatic carbocycles. The molecule has 2 aromatic rings. The van der Waals surface area contributed by atoms with Crippen LogP contribution in [0, 0.1) is 11.8 Å². The van der Waals surface area contributed by atoms with Crippen LogP contribution in [0.4, 0.5) is 19.0 Å². The number of aromatic nitrogens is 5. The van der Waals surface area contributed by atoms with Crippen LogP contribution in [0.1, 0.15) is 36.8 Å². The third-order valence-electron chi connectivity index (χ3n) is 4.71. The van der Waals surface area contributed by atoms with E-state index >= 15 is 0 Å². The number of hydrogen-bond acceptors (Lipinski definition) is 5. The summed E-state index contributed by atoms with van der Waals surface area (Å²) in [5.74, 6) is 1.71. The van der Waals surface area contributed by atoms with E-state index in [0.717, 1.165) is 25.3 Å². The van der Waals surface area contributed by atoms with E-state index in [-0.39, 0.29) is 6.04 Å². The lowest BCUT2D eigenvalue weighted by Crippen LogP contribution is -2.28. The Bertz CT molecular complexity index is 779. The third kappa shape index (κ3) is 2.65. The molecule has 2 fully saturated rings. The highest BCUT2D eigenvalue weighted by Crippen LogP contribution is 2.50. The average molecular weight is 340 g/mol. The van der Waals surface area contributed by atoms with Gasteiger partial charge in [-0.3, -0.25) is 4.98 Å². The van der Waals surface area contributed by atoms with Gasteiger partial charge in [0.05, 0.1) is 6.04 Å². The summed E-state index contributed by atoms with van der Waals surface area (Å²) in [6.07, 6.45) is -1.38. The molecule has 2 aliphatic rings. The molecular formula is C14H15F3N6O. The SMILES string of the molecule is O=c1[nH]nc(C2C(C3CC3)CCN2c2ccc(C(F)(F)F)nn2)[nH]1. The molecule has 0 radical (unpaired) electrons. The molecule has 10 heteroatoms. The summed E-state index contributed by atoms with van der Waals surface area (Å²) >= 11 is 0. The number of halogens is 3. The minimum absolute atomic E-state index is 0.206. The fourth-order valence-electron chi connectivity index (χ4n) is 3.49. The Labute approximate surface area is 134 Å². The molecule has 1 aliphatic heterocycles. The van der Waals surface area contributed by atoms with E-state index in [9.17, 15) is 18.0 Å². The fourth-order valence-corrected chi connectivity index (χ4v) is 3.49. The van der Waals surface area contributed by atoms with Gasteiger partial charge in [-0.2, -0.15) is 18.3 Å². The maximum atomic E-state index is 12.6. The first-order valence-electron chi connectivity index (χ1n) is 7.75. The van der Waals surface area contributed by atoms with E-state index in [1.165, 1.54) is 6.07 Å². The van der Waals surface area contributed by atoms with Crippen molar-refractivity contribution >= 4 is 5.82 Å². The summed E-state index contributed by atoms with van der Waals surface area (Å²) in [7, 11) is 0. The molecule has 128 valence electrons. The number of rotatable bonds is 3. The molecular weight excluding hydrogens is 325 g/mol. The topological polar surface area (TPSA) is 90.6 Å². The molecule has 24 heavy (non-hydrogen) atoms. The zero-order chi connectivity index (χ0) is 16.9. The third-order valence-corrected chi connectivity index (χ3v) is 4.71. The molecule has 3 heterocycles. The highest BCUT2D eigenvalue weighted by atomic mass is 19.4. The molecule has 2 unspecified atom stereocenters. The molecule has 0 amide bonds. The molecule has 4 rings (SSSR count). The zero-order valence-corrected chi connectivity index (χ0v) is 12.5. The first-order chi connectivity index (χ1) is 11.4. The van der Waals surface area contributed by atoms with Crippen LogP contribution in [0.5, 0.6) is 0 Å². The number of hydrogen-bond donors (Lipinski definition) is 2. The Morgan fingerprint density at radius 3 is 2.50 bits per heavy atom. The lowest BCUT2D eigenvalue weighted by molar-refractivity contribution is -0.141. The summed E-state index contributed by atoms with van der Waals surface area (Å²) in [6, 6.07) is 2.04. The summed E-state index contributed by atoms with van der Waals surface area (Å²) < 4.78 is 37.9. The van der Waals surface area contributed by atoms with Gasteiger partial charge in [-0.05, 0) is 43.2 Å². The second kappa shape index (κ2) is 5.32. The van der Waals surface area contributed by atoms with Crippen molar-refractivity contribution in [3.63, 3.8) is 0 Å². The van der Waals surface area contributed by atoms with Gasteiger partial charge in [-0.15, -0.1) is 10.2 Å². The molecule has 1 saturated carbocycles. The van der Waals surface area contributed by atoms with Crippen molar-refractivity contribution in [2.75, 3.05) is 11.4 Å². The van der Waals surface area contributed by atoms with Crippen molar-refractivity contribution in [2.45, 2.75) is 31.5 Å². The van der Waals surface area contributed by atoms with Gasteiger partial charge in [-0.25, -0.2) is 9.89 Å². The van der Waals surface area contributed by atoms with Gasteiger partial charge in [0.1, 0.15) is 0 Å². The Morgan fingerprint density at radius 2 is 1.96 bits per heavy atom. The number of alkyl halides is 3. The number of nitrogens with one attached hydrogen (secondary N) is 2. The normalized spacial score (nSPS) is 24.5. The lowest BCUT2D eigenvalue weighted by Gasteiger charge is -2.27. The maximum absolute atomic E-state index is 12.6. The highest BCUT2D eigenvalue weighted by Gasteiger charge is 2.46. The van der Waals surface area contributed by atoms with Crippen molar-refractivity contribution in [2.24, 2.45) is 11.8 Å². The Morgan fingerprint density at radius 1 is 1.17 bits per heavy atom. The molecule has 2 N–H and O–H groups in total. The summed E-state index contributed by atoms with van der Waals surface area (Å²) in [5.41, 5.74) is -1.42. The molecule has 2 atom stereocenters. The average Bonchev–Trinajstić information content (AvgIpc) is 3.14. The molecule has 7 nitrogen and oxygen atoms in total. The van der Waals surface area contributed by atoms with Crippen LogP contribution >= 0.6 is 0 Å². The van der Waals surface area contributed by atoms with E-state index < -0.39 is 17.6 Å². The number of H-pyrrole nitrogens is 2. The van der Waals surface area contributed by atoms with Crippen LogP contribution in [-0.2, 0) is 6.18 Å². The predicted octanol–water partition coefficient (Wildman–Crippen LogP) is 1.88. The standard InChI is InChI=1S/C14H15F3N6O/c15-14(16,17)9-3-4-10(20-19-9)23-6-5-8(7-1-2-7)11(23)12-18-13(24)22-21-12/h3-4,7-8,11H,1-2,5-6H2,(H2,18,21,22,24). The van der Waals surface area contributed by atoms with Crippen LogP contribution in [-0.4, -0.2) is 31.9 Å². The molecule has 0 spiro atoms. The number of aromatic amines is 2. The second-order valence-electron chi connectivity index (χ2n) is 6.27. The van der Waals surface area contributed by atoms with Crippen molar-refractivity contribution in [3.8, 4) is 0 Å². The van der Waals surface area contributed by atoms with Crippen LogP contribution in [0.25, 0.3) is 0 Å². The van der Waals surface area contributed by atoms with Gasteiger partial charge >= 0.3 is 11.9 Å². The zero-order valence-electron chi connectivity index (χ0n) is 12.5. The first-order valence-corrected chi connectivity index (χ1v) is 7.75. The minimum Gasteiger partial charge on any atom is -0.345 e. The Balaban J connectivity index is 1.66. The highest BCUT2D eigenvalue weighted by molar-refractivity contribution is 5.42. The number of anilines is 1. The van der Waals surface area contributed by atoms with Crippen molar-refractivity contribution < 1.29 is 13.2 Å². The quantitative estimate of drug-likeness (QED) is 0.890. The van der Waals surface area contributed by atoms with Gasteiger partial charge in [0.25, 0.3) is 0 Å². The Hall–Kier alpha value is -2.39. The van der Waals surface area contributed by atoms with Crippen LogP contribution in [0.3, 0.4) is 0 Å². The molecule has 2 aromatic heterocycles. The number of nitrogens with zero attached hydrogens (tertiary/aromatic N) is 4. The minimum atomic E-state index is -4.51. The molecule has 1 saturated heterocycles. The summed E-state index contributed by atoms with van der Waals surface area (Å²) in [5, 5.41) is 13.4. The van der Waals surface area contributed by atoms with Gasteiger partial charge in [-0.1, -0.05) is 0 Å². The summed E-state index contributed by atoms with van der Waals surface area (Å²) in [4.78, 5) is 15.9. The maximum Gasteiger partial charge on any atom is 0.435 e. The van der Waals surface area contributed by atoms with Crippen LogP contribution in [0.15, 0.2) is 16.9 Å². The largest absolute Gasteiger partial charge is 0.435 e. The van der Waals surface area contributed by atoms with Crippen molar-refractivity contribution in [1.29, 1.82) is 0 Å². The van der Waals surface area contributed by atoms with E-state index in [2.05, 4.69) is 25.4 Å². The first kappa shape index (κ1) is 15.2. The van der Waals surface area contributed by atoms with Crippen molar-refractivity contribution in [3.05, 3.63) is 34.1 Å². The predicted molar refractivity (Wildman–Crippen MR) is 77.2 cm³/mol. The van der Waals surface area contributed by atoms with Crippen LogP contribution < -0.4 is 10.6 Å². The van der Waals surface area contributed by atoms with E-state index in [1.54, 1.807) is 0 Å². The van der Waals surface area contributed by atoms with Gasteiger partial charge in [0, 0.05) is 6.54 Å².